The van der Waals surface area contributed by atoms with Crippen molar-refractivity contribution in [1.82, 2.24) is 9.47 Å². The van der Waals surface area contributed by atoms with E-state index in [-0.39, 0.29) is 12.5 Å². The molecule has 3 aromatic rings. The molecular weight excluding hydrogens is 328 g/mol. The summed E-state index contributed by atoms with van der Waals surface area (Å²) in [6.45, 7) is 0.248. The quantitative estimate of drug-likeness (QED) is 0.642. The van der Waals surface area contributed by atoms with Crippen LogP contribution in [0.2, 0.25) is 0 Å². The number of rotatable bonds is 6. The van der Waals surface area contributed by atoms with Crippen molar-refractivity contribution in [3.8, 4) is 5.69 Å². The van der Waals surface area contributed by atoms with Crippen LogP contribution in [-0.4, -0.2) is 35.0 Å². The zero-order valence-corrected chi connectivity index (χ0v) is 14.5. The SMILES string of the molecule is COC(=O)CN(Cc1ccccc1)C(=O)c1ccc(-n2cccc2)cc1. The second-order valence-electron chi connectivity index (χ2n) is 5.86. The molecule has 0 saturated heterocycles. The Balaban J connectivity index is 1.80. The van der Waals surface area contributed by atoms with E-state index in [1.165, 1.54) is 12.0 Å². The zero-order valence-electron chi connectivity index (χ0n) is 14.5. The Kier molecular flexibility index (Phi) is 5.49. The number of methoxy groups -OCH3 is 1. The topological polar surface area (TPSA) is 51.5 Å². The highest BCUT2D eigenvalue weighted by Crippen LogP contribution is 2.14. The van der Waals surface area contributed by atoms with Gasteiger partial charge in [0.15, 0.2) is 0 Å². The molecule has 132 valence electrons. The normalized spacial score (nSPS) is 10.3. The molecule has 5 heteroatoms. The summed E-state index contributed by atoms with van der Waals surface area (Å²) in [5.41, 5.74) is 2.45. The van der Waals surface area contributed by atoms with Gasteiger partial charge in [-0.2, -0.15) is 0 Å². The van der Waals surface area contributed by atoms with E-state index in [1.807, 2.05) is 71.6 Å². The van der Waals surface area contributed by atoms with Crippen molar-refractivity contribution >= 4 is 11.9 Å². The summed E-state index contributed by atoms with van der Waals surface area (Å²) in [7, 11) is 1.32. The van der Waals surface area contributed by atoms with Crippen LogP contribution in [0.4, 0.5) is 0 Å². The van der Waals surface area contributed by atoms with E-state index in [0.717, 1.165) is 11.3 Å². The second-order valence-corrected chi connectivity index (χ2v) is 5.86. The number of carbonyl (C=O) groups is 2. The molecule has 1 heterocycles. The molecule has 3 rings (SSSR count). The molecule has 5 nitrogen and oxygen atoms in total. The molecule has 0 radical (unpaired) electrons. The van der Waals surface area contributed by atoms with Crippen molar-refractivity contribution in [3.05, 3.63) is 90.3 Å². The fourth-order valence-electron chi connectivity index (χ4n) is 2.69. The van der Waals surface area contributed by atoms with Gasteiger partial charge in [0.05, 0.1) is 7.11 Å². The minimum absolute atomic E-state index is 0.0937. The van der Waals surface area contributed by atoms with Gasteiger partial charge in [0, 0.05) is 30.2 Å². The Hall–Kier alpha value is -3.34. The summed E-state index contributed by atoms with van der Waals surface area (Å²) in [4.78, 5) is 26.1. The molecule has 0 aliphatic rings. The molecule has 1 amide bonds. The summed E-state index contributed by atoms with van der Waals surface area (Å²) >= 11 is 0. The second kappa shape index (κ2) is 8.16. The molecule has 0 fully saturated rings. The van der Waals surface area contributed by atoms with Crippen LogP contribution in [0.25, 0.3) is 5.69 Å². The number of amides is 1. The van der Waals surface area contributed by atoms with Crippen molar-refractivity contribution in [2.45, 2.75) is 6.54 Å². The number of hydrogen-bond acceptors (Lipinski definition) is 3. The summed E-state index contributed by atoms with van der Waals surface area (Å²) < 4.78 is 6.70. The van der Waals surface area contributed by atoms with E-state index in [9.17, 15) is 9.59 Å². The Morgan fingerprint density at radius 3 is 2.19 bits per heavy atom. The molecule has 26 heavy (non-hydrogen) atoms. The lowest BCUT2D eigenvalue weighted by Crippen LogP contribution is -2.35. The predicted octanol–water partition coefficient (Wildman–Crippen LogP) is 3.29. The Labute approximate surface area is 152 Å². The van der Waals surface area contributed by atoms with Crippen LogP contribution in [0.15, 0.2) is 79.1 Å². The molecule has 0 aliphatic carbocycles. The van der Waals surface area contributed by atoms with Crippen LogP contribution < -0.4 is 0 Å². The van der Waals surface area contributed by atoms with Crippen molar-refractivity contribution < 1.29 is 14.3 Å². The van der Waals surface area contributed by atoms with Crippen LogP contribution in [0, 0.1) is 0 Å². The number of ether oxygens (including phenoxy) is 1. The maximum Gasteiger partial charge on any atom is 0.325 e. The van der Waals surface area contributed by atoms with Crippen LogP contribution in [-0.2, 0) is 16.1 Å². The lowest BCUT2D eigenvalue weighted by Gasteiger charge is -2.22. The fourth-order valence-corrected chi connectivity index (χ4v) is 2.69. The standard InChI is InChI=1S/C21H20N2O3/c1-26-20(24)16-23(15-17-7-3-2-4-8-17)21(25)18-9-11-19(12-10-18)22-13-5-6-14-22/h2-14H,15-16H2,1H3. The Bertz CT molecular complexity index is 856. The van der Waals surface area contributed by atoms with Crippen LogP contribution in [0.5, 0.6) is 0 Å². The molecule has 0 aliphatic heterocycles. The van der Waals surface area contributed by atoms with E-state index < -0.39 is 5.97 Å². The van der Waals surface area contributed by atoms with Crippen molar-refractivity contribution in [3.63, 3.8) is 0 Å². The minimum Gasteiger partial charge on any atom is -0.468 e. The first kappa shape index (κ1) is 17.5. The minimum atomic E-state index is -0.446. The van der Waals surface area contributed by atoms with Gasteiger partial charge in [-0.15, -0.1) is 0 Å². The smallest absolute Gasteiger partial charge is 0.325 e. The molecule has 0 bridgehead atoms. The average molecular weight is 348 g/mol. The first-order valence-electron chi connectivity index (χ1n) is 8.31. The van der Waals surface area contributed by atoms with E-state index in [0.29, 0.717) is 12.1 Å². The van der Waals surface area contributed by atoms with Gasteiger partial charge in [0.1, 0.15) is 6.54 Å². The van der Waals surface area contributed by atoms with E-state index in [4.69, 9.17) is 4.74 Å². The van der Waals surface area contributed by atoms with Crippen LogP contribution >= 0.6 is 0 Å². The molecule has 0 atom stereocenters. The number of hydrogen-bond donors (Lipinski definition) is 0. The number of nitrogens with zero attached hydrogens (tertiary/aromatic N) is 2. The summed E-state index contributed by atoms with van der Waals surface area (Å²) in [5.74, 6) is -0.656. The highest BCUT2D eigenvalue weighted by atomic mass is 16.5. The first-order chi connectivity index (χ1) is 12.7. The van der Waals surface area contributed by atoms with Crippen molar-refractivity contribution in [2.75, 3.05) is 13.7 Å². The summed E-state index contributed by atoms with van der Waals surface area (Å²) in [6, 6.07) is 20.8. The maximum atomic E-state index is 12.9. The third-order valence-corrected chi connectivity index (χ3v) is 4.07. The first-order valence-corrected chi connectivity index (χ1v) is 8.31. The van der Waals surface area contributed by atoms with Gasteiger partial charge in [-0.25, -0.2) is 0 Å². The third kappa shape index (κ3) is 4.19. The summed E-state index contributed by atoms with van der Waals surface area (Å²) in [5, 5.41) is 0. The van der Waals surface area contributed by atoms with Gasteiger partial charge in [0.2, 0.25) is 0 Å². The molecule has 0 saturated carbocycles. The Morgan fingerprint density at radius 1 is 0.923 bits per heavy atom. The highest BCUT2D eigenvalue weighted by Gasteiger charge is 2.19. The molecule has 2 aromatic carbocycles. The third-order valence-electron chi connectivity index (χ3n) is 4.07. The van der Waals surface area contributed by atoms with Gasteiger partial charge in [-0.1, -0.05) is 30.3 Å². The molecule has 0 spiro atoms. The van der Waals surface area contributed by atoms with Crippen LogP contribution in [0.3, 0.4) is 0 Å². The monoisotopic (exact) mass is 348 g/mol. The molecule has 1 aromatic heterocycles. The Morgan fingerprint density at radius 2 is 1.58 bits per heavy atom. The maximum absolute atomic E-state index is 12.9. The largest absolute Gasteiger partial charge is 0.468 e. The fraction of sp³-hybridized carbons (Fsp3) is 0.143. The van der Waals surface area contributed by atoms with Gasteiger partial charge in [-0.3, -0.25) is 9.59 Å². The number of benzene rings is 2. The van der Waals surface area contributed by atoms with Crippen molar-refractivity contribution in [2.24, 2.45) is 0 Å². The van der Waals surface area contributed by atoms with Gasteiger partial charge in [-0.05, 0) is 42.0 Å². The van der Waals surface area contributed by atoms with Gasteiger partial charge in [0.25, 0.3) is 5.91 Å². The lowest BCUT2D eigenvalue weighted by molar-refractivity contribution is -0.141. The molecule has 0 unspecified atom stereocenters. The summed E-state index contributed by atoms with van der Waals surface area (Å²) in [6.07, 6.45) is 3.88. The van der Waals surface area contributed by atoms with E-state index in [2.05, 4.69) is 0 Å². The highest BCUT2D eigenvalue weighted by molar-refractivity contribution is 5.96. The van der Waals surface area contributed by atoms with Gasteiger partial charge >= 0.3 is 5.97 Å². The predicted molar refractivity (Wildman–Crippen MR) is 99.0 cm³/mol. The number of carbonyl (C=O) groups excluding carboxylic acids is 2. The zero-order chi connectivity index (χ0) is 18.4. The molecule has 0 N–H and O–H groups in total. The van der Waals surface area contributed by atoms with Crippen molar-refractivity contribution in [1.29, 1.82) is 0 Å². The van der Waals surface area contributed by atoms with E-state index in [1.54, 1.807) is 12.1 Å². The molecular formula is C21H20N2O3. The van der Waals surface area contributed by atoms with Crippen LogP contribution in [0.1, 0.15) is 15.9 Å². The van der Waals surface area contributed by atoms with E-state index >= 15 is 0 Å². The lowest BCUT2D eigenvalue weighted by atomic mass is 10.1. The van der Waals surface area contributed by atoms with Gasteiger partial charge < -0.3 is 14.2 Å². The number of esters is 1. The average Bonchev–Trinajstić information content (AvgIpc) is 3.22. The number of aromatic nitrogens is 1.